The second-order valence-corrected chi connectivity index (χ2v) is 10.1. The van der Waals surface area contributed by atoms with Crippen LogP contribution in [0, 0.1) is 19.3 Å². The zero-order valence-electron chi connectivity index (χ0n) is 21.2. The van der Waals surface area contributed by atoms with Crippen LogP contribution in [0.25, 0.3) is 4.85 Å². The van der Waals surface area contributed by atoms with Gasteiger partial charge in [-0.3, -0.25) is 19.2 Å². The molecule has 3 aromatic rings. The number of carbonyl (C=O) groups is 2. The first-order valence-electron chi connectivity index (χ1n) is 12.5. The zero-order chi connectivity index (χ0) is 27.0. The van der Waals surface area contributed by atoms with E-state index >= 15 is 4.39 Å². The Morgan fingerprint density at radius 3 is 2.53 bits per heavy atom. The summed E-state index contributed by atoms with van der Waals surface area (Å²) in [6, 6.07) is 11.6. The fourth-order valence-electron chi connectivity index (χ4n) is 5.42. The third-order valence-corrected chi connectivity index (χ3v) is 7.80. The van der Waals surface area contributed by atoms with Crippen LogP contribution < -0.4 is 15.1 Å². The van der Waals surface area contributed by atoms with Crippen LogP contribution in [0.5, 0.6) is 0 Å². The largest absolute Gasteiger partial charge is 0.347 e. The second-order valence-electron chi connectivity index (χ2n) is 9.73. The lowest BCUT2D eigenvalue weighted by molar-refractivity contribution is -0.122. The third kappa shape index (κ3) is 4.23. The lowest BCUT2D eigenvalue weighted by Crippen LogP contribution is -2.51. The normalized spacial score (nSPS) is 16.7. The molecule has 0 atom stereocenters. The van der Waals surface area contributed by atoms with E-state index in [4.69, 9.17) is 18.8 Å². The predicted octanol–water partition coefficient (Wildman–Crippen LogP) is 5.19. The van der Waals surface area contributed by atoms with E-state index in [0.29, 0.717) is 46.3 Å². The monoisotopic (exact) mass is 530 g/mol. The SMILES string of the molecule is [C-]#[N+]c1ccc(N2C(=O)C3(CCCCC3)N(c3ccc(CNC(=O)c4ccnn4C)c(F)c3)C2=S)cc1C. The van der Waals surface area contributed by atoms with Crippen molar-refractivity contribution in [2.45, 2.75) is 51.1 Å². The number of amides is 2. The number of rotatable bonds is 5. The van der Waals surface area contributed by atoms with E-state index in [1.165, 1.54) is 21.8 Å². The number of nitrogens with one attached hydrogen (secondary N) is 1. The fourth-order valence-corrected chi connectivity index (χ4v) is 5.89. The molecule has 5 rings (SSSR count). The van der Waals surface area contributed by atoms with Crippen molar-refractivity contribution in [3.8, 4) is 0 Å². The molecule has 1 aromatic heterocycles. The first-order chi connectivity index (χ1) is 18.3. The van der Waals surface area contributed by atoms with Gasteiger partial charge in [-0.15, -0.1) is 0 Å². The van der Waals surface area contributed by atoms with E-state index in [1.807, 2.05) is 11.8 Å². The average Bonchev–Trinajstić information content (AvgIpc) is 3.42. The highest BCUT2D eigenvalue weighted by Gasteiger charge is 2.56. The topological polar surface area (TPSA) is 74.8 Å². The minimum absolute atomic E-state index is 0.00342. The second kappa shape index (κ2) is 9.99. The zero-order valence-corrected chi connectivity index (χ0v) is 22.0. The number of hydrogen-bond acceptors (Lipinski definition) is 4. The van der Waals surface area contributed by atoms with Crippen LogP contribution >= 0.6 is 12.2 Å². The van der Waals surface area contributed by atoms with Crippen LogP contribution in [0.4, 0.5) is 21.5 Å². The maximum absolute atomic E-state index is 15.3. The number of hydrogen-bond donors (Lipinski definition) is 1. The van der Waals surface area contributed by atoms with Gasteiger partial charge in [-0.1, -0.05) is 31.4 Å². The maximum Gasteiger partial charge on any atom is 0.269 e. The molecule has 8 nitrogen and oxygen atoms in total. The van der Waals surface area contributed by atoms with Gasteiger partial charge in [0, 0.05) is 36.7 Å². The van der Waals surface area contributed by atoms with Gasteiger partial charge in [-0.25, -0.2) is 9.24 Å². The van der Waals surface area contributed by atoms with Gasteiger partial charge < -0.3 is 10.2 Å². The molecule has 2 heterocycles. The van der Waals surface area contributed by atoms with Crippen molar-refractivity contribution in [3.63, 3.8) is 0 Å². The molecule has 2 fully saturated rings. The molecule has 1 N–H and O–H groups in total. The number of halogens is 1. The standard InChI is InChI=1S/C28H27FN6O2S/c1-18-15-20(9-10-23(18)30-2)34-26(37)28(12-5-4-6-13-28)35(27(34)38)21-8-7-19(22(29)16-21)17-31-25(36)24-11-14-32-33(24)3/h7-11,14-16H,4-6,12-13,17H2,1,3H3,(H,31,36). The van der Waals surface area contributed by atoms with Crippen molar-refractivity contribution in [1.29, 1.82) is 0 Å². The van der Waals surface area contributed by atoms with Crippen LogP contribution in [-0.2, 0) is 18.4 Å². The Hall–Kier alpha value is -4.10. The van der Waals surface area contributed by atoms with Gasteiger partial charge in [0.25, 0.3) is 11.8 Å². The molecule has 194 valence electrons. The molecule has 1 aliphatic carbocycles. The van der Waals surface area contributed by atoms with Crippen LogP contribution in [0.1, 0.15) is 53.7 Å². The van der Waals surface area contributed by atoms with Crippen LogP contribution in [0.3, 0.4) is 0 Å². The molecule has 2 aliphatic rings. The first-order valence-corrected chi connectivity index (χ1v) is 12.9. The molecular weight excluding hydrogens is 503 g/mol. The van der Waals surface area contributed by atoms with Crippen molar-refractivity contribution in [1.82, 2.24) is 15.1 Å². The van der Waals surface area contributed by atoms with E-state index in [9.17, 15) is 9.59 Å². The van der Waals surface area contributed by atoms with E-state index < -0.39 is 11.4 Å². The molecule has 1 aliphatic heterocycles. The highest BCUT2D eigenvalue weighted by atomic mass is 32.1. The van der Waals surface area contributed by atoms with Crippen molar-refractivity contribution in [3.05, 3.63) is 82.7 Å². The number of aryl methyl sites for hydroxylation is 2. The summed E-state index contributed by atoms with van der Waals surface area (Å²) in [6.07, 6.45) is 5.52. The van der Waals surface area contributed by atoms with Crippen molar-refractivity contribution in [2.75, 3.05) is 9.80 Å². The van der Waals surface area contributed by atoms with Gasteiger partial charge in [0.15, 0.2) is 10.8 Å². The van der Waals surface area contributed by atoms with Crippen molar-refractivity contribution in [2.24, 2.45) is 7.05 Å². The molecule has 10 heteroatoms. The molecule has 2 amide bonds. The molecule has 0 bridgehead atoms. The van der Waals surface area contributed by atoms with Crippen LogP contribution in [0.2, 0.25) is 0 Å². The van der Waals surface area contributed by atoms with Crippen molar-refractivity contribution < 1.29 is 14.0 Å². The Bertz CT molecular complexity index is 1490. The van der Waals surface area contributed by atoms with E-state index in [2.05, 4.69) is 15.3 Å². The Labute approximate surface area is 225 Å². The maximum atomic E-state index is 15.3. The van der Waals surface area contributed by atoms with Gasteiger partial charge in [-0.2, -0.15) is 5.10 Å². The molecule has 1 spiro atoms. The van der Waals surface area contributed by atoms with Gasteiger partial charge in [-0.05, 0) is 67.9 Å². The van der Waals surface area contributed by atoms with Crippen LogP contribution in [-0.4, -0.2) is 32.2 Å². The number of nitrogens with zero attached hydrogens (tertiary/aromatic N) is 5. The summed E-state index contributed by atoms with van der Waals surface area (Å²) in [7, 11) is 1.66. The molecular formula is C28H27FN6O2S. The smallest absolute Gasteiger partial charge is 0.269 e. The third-order valence-electron chi connectivity index (χ3n) is 7.44. The fraction of sp³-hybridized carbons (Fsp3) is 0.321. The van der Waals surface area contributed by atoms with Crippen molar-refractivity contribution >= 4 is 46.2 Å². The molecule has 38 heavy (non-hydrogen) atoms. The Morgan fingerprint density at radius 1 is 1.16 bits per heavy atom. The Kier molecular flexibility index (Phi) is 6.71. The quantitative estimate of drug-likeness (QED) is 0.363. The average molecular weight is 531 g/mol. The van der Waals surface area contributed by atoms with Gasteiger partial charge in [0.1, 0.15) is 17.1 Å². The molecule has 0 radical (unpaired) electrons. The summed E-state index contributed by atoms with van der Waals surface area (Å²) in [5, 5.41) is 7.00. The van der Waals surface area contributed by atoms with Gasteiger partial charge in [0.2, 0.25) is 0 Å². The molecule has 2 aromatic carbocycles. The van der Waals surface area contributed by atoms with Crippen LogP contribution in [0.15, 0.2) is 48.7 Å². The number of anilines is 2. The molecule has 1 saturated heterocycles. The number of benzene rings is 2. The molecule has 0 unspecified atom stereocenters. The highest BCUT2D eigenvalue weighted by Crippen LogP contribution is 2.45. The number of aromatic nitrogens is 2. The lowest BCUT2D eigenvalue weighted by Gasteiger charge is -2.39. The van der Waals surface area contributed by atoms with E-state index in [1.54, 1.807) is 43.4 Å². The first kappa shape index (κ1) is 25.5. The van der Waals surface area contributed by atoms with E-state index in [-0.39, 0.29) is 18.4 Å². The predicted molar refractivity (Wildman–Crippen MR) is 147 cm³/mol. The summed E-state index contributed by atoms with van der Waals surface area (Å²) in [5.74, 6) is -0.967. The van der Waals surface area contributed by atoms with Gasteiger partial charge >= 0.3 is 0 Å². The van der Waals surface area contributed by atoms with E-state index in [0.717, 1.165) is 24.8 Å². The lowest BCUT2D eigenvalue weighted by atomic mass is 9.80. The minimum atomic E-state index is -0.886. The van der Waals surface area contributed by atoms with Gasteiger partial charge in [0.05, 0.1) is 6.57 Å². The number of thiocarbonyl (C=S) groups is 1. The Balaban J connectivity index is 1.46. The summed E-state index contributed by atoms with van der Waals surface area (Å²) >= 11 is 5.86. The summed E-state index contributed by atoms with van der Waals surface area (Å²) in [6.45, 7) is 9.16. The highest BCUT2D eigenvalue weighted by molar-refractivity contribution is 7.81. The molecule has 1 saturated carbocycles. The Morgan fingerprint density at radius 2 is 1.89 bits per heavy atom. The summed E-state index contributed by atoms with van der Waals surface area (Å²) in [4.78, 5) is 33.3. The summed E-state index contributed by atoms with van der Waals surface area (Å²) < 4.78 is 16.8. The minimum Gasteiger partial charge on any atom is -0.347 e. The summed E-state index contributed by atoms with van der Waals surface area (Å²) in [5.41, 5.74) is 2.19. The number of carbonyl (C=O) groups excluding carboxylic acids is 2.